The van der Waals surface area contributed by atoms with Crippen LogP contribution in [-0.4, -0.2) is 61.5 Å². The van der Waals surface area contributed by atoms with Crippen LogP contribution in [0.2, 0.25) is 0 Å². The Morgan fingerprint density at radius 3 is 2.94 bits per heavy atom. The van der Waals surface area contributed by atoms with Crippen molar-refractivity contribution >= 4 is 0 Å². The zero-order chi connectivity index (χ0) is 13.0. The zero-order valence-corrected chi connectivity index (χ0v) is 11.8. The number of nitrogens with one attached hydrogen (secondary N) is 1. The molecule has 0 bridgehead atoms. The van der Waals surface area contributed by atoms with Crippen LogP contribution < -0.4 is 5.32 Å². The summed E-state index contributed by atoms with van der Waals surface area (Å²) in [6, 6.07) is 0.445. The van der Waals surface area contributed by atoms with E-state index in [1.165, 1.54) is 12.8 Å². The number of hydrogen-bond acceptors (Lipinski definition) is 4. The number of aliphatic hydroxyl groups is 1. The van der Waals surface area contributed by atoms with E-state index in [9.17, 15) is 5.11 Å². The van der Waals surface area contributed by atoms with Gasteiger partial charge in [-0.3, -0.25) is 4.90 Å². The molecule has 2 aliphatic heterocycles. The summed E-state index contributed by atoms with van der Waals surface area (Å²) in [6.07, 6.45) is 3.65. The minimum Gasteiger partial charge on any atom is -0.396 e. The summed E-state index contributed by atoms with van der Waals surface area (Å²) in [5, 5.41) is 12.8. The second-order valence-electron chi connectivity index (χ2n) is 6.53. The third kappa shape index (κ3) is 3.92. The van der Waals surface area contributed by atoms with Crippen molar-refractivity contribution in [3.05, 3.63) is 0 Å². The predicted molar refractivity (Wildman–Crippen MR) is 72.7 cm³/mol. The van der Waals surface area contributed by atoms with Gasteiger partial charge in [0.05, 0.1) is 6.10 Å². The lowest BCUT2D eigenvalue weighted by atomic mass is 9.93. The van der Waals surface area contributed by atoms with Gasteiger partial charge in [-0.2, -0.15) is 0 Å². The van der Waals surface area contributed by atoms with Gasteiger partial charge in [-0.25, -0.2) is 0 Å². The monoisotopic (exact) mass is 256 g/mol. The van der Waals surface area contributed by atoms with E-state index in [0.29, 0.717) is 17.6 Å². The molecule has 2 heterocycles. The molecule has 0 spiro atoms. The van der Waals surface area contributed by atoms with E-state index in [1.807, 2.05) is 0 Å². The van der Waals surface area contributed by atoms with Crippen molar-refractivity contribution in [2.45, 2.75) is 45.3 Å². The van der Waals surface area contributed by atoms with Gasteiger partial charge in [-0.1, -0.05) is 13.8 Å². The Bertz CT molecular complexity index is 252. The fourth-order valence-electron chi connectivity index (χ4n) is 3.14. The number of ether oxygens (including phenoxy) is 1. The number of nitrogens with zero attached hydrogens (tertiary/aromatic N) is 1. The molecule has 4 heteroatoms. The Morgan fingerprint density at radius 1 is 1.44 bits per heavy atom. The summed E-state index contributed by atoms with van der Waals surface area (Å²) < 4.78 is 5.77. The van der Waals surface area contributed by atoms with Gasteiger partial charge in [-0.05, 0) is 24.7 Å². The summed E-state index contributed by atoms with van der Waals surface area (Å²) in [6.45, 7) is 9.96. The molecule has 2 N–H and O–H groups in total. The predicted octanol–water partition coefficient (Wildman–Crippen LogP) is 0.848. The smallest absolute Gasteiger partial charge is 0.0702 e. The summed E-state index contributed by atoms with van der Waals surface area (Å²) in [5.74, 6) is 0. The molecule has 0 amide bonds. The molecule has 18 heavy (non-hydrogen) atoms. The molecule has 0 aromatic rings. The van der Waals surface area contributed by atoms with E-state index in [1.54, 1.807) is 0 Å². The summed E-state index contributed by atoms with van der Waals surface area (Å²) in [4.78, 5) is 2.53. The van der Waals surface area contributed by atoms with Crippen molar-refractivity contribution in [2.75, 3.05) is 39.4 Å². The van der Waals surface area contributed by atoms with Crippen LogP contribution in [0.3, 0.4) is 0 Å². The molecular weight excluding hydrogens is 228 g/mol. The van der Waals surface area contributed by atoms with Gasteiger partial charge in [-0.15, -0.1) is 0 Å². The Kier molecular flexibility index (Phi) is 5.01. The van der Waals surface area contributed by atoms with E-state index in [-0.39, 0.29) is 6.61 Å². The molecule has 2 rings (SSSR count). The third-order valence-corrected chi connectivity index (χ3v) is 4.06. The largest absolute Gasteiger partial charge is 0.396 e. The minimum atomic E-state index is 0.273. The van der Waals surface area contributed by atoms with Crippen LogP contribution in [0.15, 0.2) is 0 Å². The molecule has 0 saturated carbocycles. The van der Waals surface area contributed by atoms with Crippen LogP contribution in [0.1, 0.15) is 33.1 Å². The second-order valence-corrected chi connectivity index (χ2v) is 6.53. The lowest BCUT2D eigenvalue weighted by molar-refractivity contribution is 0.0428. The normalized spacial score (nSPS) is 33.5. The van der Waals surface area contributed by atoms with Crippen LogP contribution in [-0.2, 0) is 4.74 Å². The Balaban J connectivity index is 1.98. The maximum Gasteiger partial charge on any atom is 0.0702 e. The topological polar surface area (TPSA) is 44.7 Å². The fourth-order valence-corrected chi connectivity index (χ4v) is 3.14. The zero-order valence-electron chi connectivity index (χ0n) is 11.8. The molecule has 0 radical (unpaired) electrons. The van der Waals surface area contributed by atoms with Gasteiger partial charge < -0.3 is 15.2 Å². The first kappa shape index (κ1) is 14.3. The van der Waals surface area contributed by atoms with Crippen molar-refractivity contribution in [3.8, 4) is 0 Å². The fraction of sp³-hybridized carbons (Fsp3) is 1.00. The molecule has 2 fully saturated rings. The van der Waals surface area contributed by atoms with E-state index in [4.69, 9.17) is 4.74 Å². The van der Waals surface area contributed by atoms with Crippen LogP contribution in [0.5, 0.6) is 0 Å². The molecule has 2 atom stereocenters. The molecular formula is C14H28N2O2. The van der Waals surface area contributed by atoms with Crippen LogP contribution in [0.4, 0.5) is 0 Å². The Labute approximate surface area is 111 Å². The van der Waals surface area contributed by atoms with Gasteiger partial charge in [0, 0.05) is 45.4 Å². The lowest BCUT2D eigenvalue weighted by Gasteiger charge is -2.35. The maximum atomic E-state index is 9.23. The maximum absolute atomic E-state index is 9.23. The van der Waals surface area contributed by atoms with Gasteiger partial charge in [0.1, 0.15) is 0 Å². The quantitative estimate of drug-likeness (QED) is 0.783. The number of aliphatic hydroxyl groups excluding tert-OH is 1. The van der Waals surface area contributed by atoms with E-state index >= 15 is 0 Å². The molecule has 0 aromatic carbocycles. The van der Waals surface area contributed by atoms with Gasteiger partial charge in [0.2, 0.25) is 0 Å². The average molecular weight is 256 g/mol. The molecule has 2 unspecified atom stereocenters. The van der Waals surface area contributed by atoms with Crippen LogP contribution >= 0.6 is 0 Å². The van der Waals surface area contributed by atoms with Crippen LogP contribution in [0, 0.1) is 5.41 Å². The molecule has 4 nitrogen and oxygen atoms in total. The van der Waals surface area contributed by atoms with Crippen molar-refractivity contribution in [3.63, 3.8) is 0 Å². The van der Waals surface area contributed by atoms with E-state index in [0.717, 1.165) is 39.2 Å². The summed E-state index contributed by atoms with van der Waals surface area (Å²) >= 11 is 0. The molecule has 0 aliphatic carbocycles. The molecule has 2 aliphatic rings. The van der Waals surface area contributed by atoms with E-state index in [2.05, 4.69) is 24.1 Å². The summed E-state index contributed by atoms with van der Waals surface area (Å²) in [5.41, 5.74) is 0.294. The molecule has 106 valence electrons. The molecule has 2 saturated heterocycles. The Morgan fingerprint density at radius 2 is 2.28 bits per heavy atom. The van der Waals surface area contributed by atoms with Gasteiger partial charge in [0.15, 0.2) is 0 Å². The highest BCUT2D eigenvalue weighted by atomic mass is 16.5. The van der Waals surface area contributed by atoms with Crippen molar-refractivity contribution in [2.24, 2.45) is 5.41 Å². The van der Waals surface area contributed by atoms with Gasteiger partial charge in [0.25, 0.3) is 0 Å². The second kappa shape index (κ2) is 6.33. The van der Waals surface area contributed by atoms with Crippen LogP contribution in [0.25, 0.3) is 0 Å². The van der Waals surface area contributed by atoms with Crippen molar-refractivity contribution in [1.82, 2.24) is 10.2 Å². The SMILES string of the molecule is CC1(C)CNCC(CCO)N(CC2CCCO2)C1. The van der Waals surface area contributed by atoms with E-state index < -0.39 is 0 Å². The first-order valence-corrected chi connectivity index (χ1v) is 7.28. The number of hydrogen-bond donors (Lipinski definition) is 2. The molecule has 0 aromatic heterocycles. The van der Waals surface area contributed by atoms with Crippen molar-refractivity contribution < 1.29 is 9.84 Å². The first-order chi connectivity index (χ1) is 8.61. The number of rotatable bonds is 4. The highest BCUT2D eigenvalue weighted by Gasteiger charge is 2.32. The van der Waals surface area contributed by atoms with Gasteiger partial charge >= 0.3 is 0 Å². The minimum absolute atomic E-state index is 0.273. The first-order valence-electron chi connectivity index (χ1n) is 7.28. The highest BCUT2D eigenvalue weighted by molar-refractivity contribution is 4.88. The summed E-state index contributed by atoms with van der Waals surface area (Å²) in [7, 11) is 0. The highest BCUT2D eigenvalue weighted by Crippen LogP contribution is 2.23. The Hall–Kier alpha value is -0.160. The third-order valence-electron chi connectivity index (χ3n) is 4.06. The average Bonchev–Trinajstić information content (AvgIpc) is 2.74. The lowest BCUT2D eigenvalue weighted by Crippen LogP contribution is -2.45. The van der Waals surface area contributed by atoms with Crippen molar-refractivity contribution in [1.29, 1.82) is 0 Å². The standard InChI is InChI=1S/C14H28N2O2/c1-14(2)10-15-8-12(5-6-17)16(11-14)9-13-4-3-7-18-13/h12-13,15,17H,3-11H2,1-2H3.